The molecule has 0 saturated carbocycles. The molecule has 2 amide bonds. The number of carbonyl (C=O) groups excluding carboxylic acids is 2. The Balaban J connectivity index is 0.00000261. The van der Waals surface area contributed by atoms with Crippen LogP contribution in [-0.2, 0) is 16.0 Å². The molecule has 3 rings (SSSR count). The monoisotopic (exact) mass is 433 g/mol. The van der Waals surface area contributed by atoms with E-state index in [0.717, 1.165) is 38.8 Å². The van der Waals surface area contributed by atoms with Crippen LogP contribution in [0.25, 0.3) is 0 Å². The van der Waals surface area contributed by atoms with Crippen LogP contribution in [-0.4, -0.2) is 48.9 Å². The van der Waals surface area contributed by atoms with Gasteiger partial charge in [0.25, 0.3) is 0 Å². The largest absolute Gasteiger partial charge is 0.354 e. The number of halogens is 3. The first-order valence-corrected chi connectivity index (χ1v) is 10.0. The molecule has 2 aliphatic rings. The van der Waals surface area contributed by atoms with E-state index in [4.69, 9.17) is 23.2 Å². The fraction of sp³-hybridized carbons (Fsp3) is 0.579. The molecule has 1 aromatic carbocycles. The highest BCUT2D eigenvalue weighted by Crippen LogP contribution is 2.26. The van der Waals surface area contributed by atoms with Gasteiger partial charge in [-0.05, 0) is 55.8 Å². The zero-order chi connectivity index (χ0) is 18.5. The van der Waals surface area contributed by atoms with E-state index in [-0.39, 0.29) is 36.7 Å². The fourth-order valence-corrected chi connectivity index (χ4v) is 4.23. The standard InChI is InChI=1S/C19H25Cl2N3O2.ClH/c20-15-5-1-6-16(21)14(15)10-18(25)24-9-3-4-13(12-24)11-23-19(26)17-7-2-8-22-17;/h1,5-6,13,17,22H,2-4,7-12H2,(H,23,26);1H. The maximum atomic E-state index is 12.7. The number of hydrogen-bond acceptors (Lipinski definition) is 3. The van der Waals surface area contributed by atoms with Gasteiger partial charge in [0.2, 0.25) is 11.8 Å². The number of nitrogens with zero attached hydrogens (tertiary/aromatic N) is 1. The highest BCUT2D eigenvalue weighted by Gasteiger charge is 2.27. The number of likely N-dealkylation sites (tertiary alicyclic amines) is 1. The number of piperidine rings is 1. The molecular weight excluding hydrogens is 409 g/mol. The summed E-state index contributed by atoms with van der Waals surface area (Å²) < 4.78 is 0. The van der Waals surface area contributed by atoms with E-state index < -0.39 is 0 Å². The molecule has 2 saturated heterocycles. The third kappa shape index (κ3) is 5.98. The molecular formula is C19H26Cl3N3O2. The lowest BCUT2D eigenvalue weighted by molar-refractivity contribution is -0.132. The van der Waals surface area contributed by atoms with E-state index in [1.54, 1.807) is 18.2 Å². The van der Waals surface area contributed by atoms with Crippen molar-refractivity contribution in [2.24, 2.45) is 5.92 Å². The van der Waals surface area contributed by atoms with E-state index in [1.165, 1.54) is 0 Å². The molecule has 8 heteroatoms. The van der Waals surface area contributed by atoms with Crippen LogP contribution in [0.2, 0.25) is 10.0 Å². The van der Waals surface area contributed by atoms with Crippen molar-refractivity contribution in [3.8, 4) is 0 Å². The molecule has 0 radical (unpaired) electrons. The fourth-order valence-electron chi connectivity index (χ4n) is 3.70. The second-order valence-electron chi connectivity index (χ2n) is 7.12. The van der Waals surface area contributed by atoms with Crippen LogP contribution in [0.1, 0.15) is 31.2 Å². The summed E-state index contributed by atoms with van der Waals surface area (Å²) in [6, 6.07) is 5.22. The molecule has 150 valence electrons. The van der Waals surface area contributed by atoms with Crippen LogP contribution in [0.15, 0.2) is 18.2 Å². The Morgan fingerprint density at radius 3 is 2.59 bits per heavy atom. The molecule has 27 heavy (non-hydrogen) atoms. The van der Waals surface area contributed by atoms with Crippen molar-refractivity contribution in [1.82, 2.24) is 15.5 Å². The lowest BCUT2D eigenvalue weighted by atomic mass is 9.97. The Kier molecular flexibility index (Phi) is 8.67. The van der Waals surface area contributed by atoms with Crippen molar-refractivity contribution in [3.05, 3.63) is 33.8 Å². The number of nitrogens with one attached hydrogen (secondary N) is 2. The normalized spacial score (nSPS) is 22.2. The average molecular weight is 435 g/mol. The summed E-state index contributed by atoms with van der Waals surface area (Å²) in [7, 11) is 0. The van der Waals surface area contributed by atoms with Crippen LogP contribution < -0.4 is 10.6 Å². The Bertz CT molecular complexity index is 645. The average Bonchev–Trinajstić information content (AvgIpc) is 3.18. The van der Waals surface area contributed by atoms with Gasteiger partial charge in [0.1, 0.15) is 0 Å². The van der Waals surface area contributed by atoms with E-state index in [2.05, 4.69) is 10.6 Å². The van der Waals surface area contributed by atoms with E-state index in [1.807, 2.05) is 4.90 Å². The summed E-state index contributed by atoms with van der Waals surface area (Å²) >= 11 is 12.4. The molecule has 2 fully saturated rings. The summed E-state index contributed by atoms with van der Waals surface area (Å²) in [5.41, 5.74) is 0.684. The number of hydrogen-bond donors (Lipinski definition) is 2. The molecule has 2 N–H and O–H groups in total. The minimum Gasteiger partial charge on any atom is -0.354 e. The van der Waals surface area contributed by atoms with E-state index >= 15 is 0 Å². The van der Waals surface area contributed by atoms with Crippen molar-refractivity contribution < 1.29 is 9.59 Å². The SMILES string of the molecule is Cl.O=C(NCC1CCCN(C(=O)Cc2c(Cl)cccc2Cl)C1)C1CCCN1. The smallest absolute Gasteiger partial charge is 0.237 e. The minimum absolute atomic E-state index is 0. The van der Waals surface area contributed by atoms with Gasteiger partial charge in [-0.3, -0.25) is 9.59 Å². The quantitative estimate of drug-likeness (QED) is 0.749. The Labute approximate surface area is 176 Å². The van der Waals surface area contributed by atoms with Gasteiger partial charge in [-0.25, -0.2) is 0 Å². The van der Waals surface area contributed by atoms with Crippen molar-refractivity contribution in [2.75, 3.05) is 26.2 Å². The summed E-state index contributed by atoms with van der Waals surface area (Å²) in [5, 5.41) is 7.30. The summed E-state index contributed by atoms with van der Waals surface area (Å²) in [6.45, 7) is 2.94. The third-order valence-corrected chi connectivity index (χ3v) is 5.91. The molecule has 0 aromatic heterocycles. The summed E-state index contributed by atoms with van der Waals surface area (Å²) in [5.74, 6) is 0.405. The Morgan fingerprint density at radius 2 is 1.93 bits per heavy atom. The highest BCUT2D eigenvalue weighted by molar-refractivity contribution is 6.36. The van der Waals surface area contributed by atoms with Gasteiger partial charge < -0.3 is 15.5 Å². The van der Waals surface area contributed by atoms with Crippen molar-refractivity contribution in [2.45, 2.75) is 38.1 Å². The van der Waals surface area contributed by atoms with Crippen LogP contribution >= 0.6 is 35.6 Å². The zero-order valence-corrected chi connectivity index (χ0v) is 17.5. The first-order valence-electron chi connectivity index (χ1n) is 9.26. The van der Waals surface area contributed by atoms with Crippen LogP contribution in [0.5, 0.6) is 0 Å². The number of carbonyl (C=O) groups is 2. The Morgan fingerprint density at radius 1 is 1.19 bits per heavy atom. The second-order valence-corrected chi connectivity index (χ2v) is 7.93. The molecule has 2 heterocycles. The predicted octanol–water partition coefficient (Wildman–Crippen LogP) is 3.06. The topological polar surface area (TPSA) is 61.4 Å². The molecule has 0 aliphatic carbocycles. The highest BCUT2D eigenvalue weighted by atomic mass is 35.5. The molecule has 1 aromatic rings. The van der Waals surface area contributed by atoms with Gasteiger partial charge in [0.05, 0.1) is 12.5 Å². The molecule has 2 unspecified atom stereocenters. The van der Waals surface area contributed by atoms with Gasteiger partial charge in [-0.15, -0.1) is 12.4 Å². The maximum absolute atomic E-state index is 12.7. The number of rotatable bonds is 5. The predicted molar refractivity (Wildman–Crippen MR) is 111 cm³/mol. The third-order valence-electron chi connectivity index (χ3n) is 5.20. The van der Waals surface area contributed by atoms with Crippen LogP contribution in [0.3, 0.4) is 0 Å². The van der Waals surface area contributed by atoms with Crippen molar-refractivity contribution in [3.63, 3.8) is 0 Å². The van der Waals surface area contributed by atoms with Crippen molar-refractivity contribution >= 4 is 47.4 Å². The molecule has 5 nitrogen and oxygen atoms in total. The van der Waals surface area contributed by atoms with E-state index in [0.29, 0.717) is 34.6 Å². The summed E-state index contributed by atoms with van der Waals surface area (Å²) in [4.78, 5) is 26.7. The van der Waals surface area contributed by atoms with Crippen LogP contribution in [0.4, 0.5) is 0 Å². The van der Waals surface area contributed by atoms with Gasteiger partial charge in [-0.2, -0.15) is 0 Å². The van der Waals surface area contributed by atoms with Gasteiger partial charge in [-0.1, -0.05) is 29.3 Å². The Hall–Kier alpha value is -1.01. The van der Waals surface area contributed by atoms with Crippen molar-refractivity contribution in [1.29, 1.82) is 0 Å². The molecule has 2 atom stereocenters. The number of amides is 2. The minimum atomic E-state index is -0.0568. The maximum Gasteiger partial charge on any atom is 0.237 e. The van der Waals surface area contributed by atoms with Crippen LogP contribution in [0, 0.1) is 5.92 Å². The van der Waals surface area contributed by atoms with Gasteiger partial charge in [0, 0.05) is 29.7 Å². The molecule has 2 aliphatic heterocycles. The lowest BCUT2D eigenvalue weighted by Crippen LogP contribution is -2.47. The molecule has 0 bridgehead atoms. The van der Waals surface area contributed by atoms with Gasteiger partial charge >= 0.3 is 0 Å². The zero-order valence-electron chi connectivity index (χ0n) is 15.2. The molecule has 0 spiro atoms. The first-order chi connectivity index (χ1) is 12.5. The first kappa shape index (κ1) is 22.3. The van der Waals surface area contributed by atoms with E-state index in [9.17, 15) is 9.59 Å². The van der Waals surface area contributed by atoms with Gasteiger partial charge in [0.15, 0.2) is 0 Å². The number of benzene rings is 1. The second kappa shape index (κ2) is 10.5. The lowest BCUT2D eigenvalue weighted by Gasteiger charge is -2.33. The summed E-state index contributed by atoms with van der Waals surface area (Å²) in [6.07, 6.45) is 4.14.